The molecule has 1 aliphatic heterocycles. The normalized spacial score (nSPS) is 26.7. The Bertz CT molecular complexity index is 174. The highest BCUT2D eigenvalue weighted by atomic mass is 17.5. The van der Waals surface area contributed by atoms with E-state index in [4.69, 9.17) is 14.9 Å². The van der Waals surface area contributed by atoms with Gasteiger partial charge in [-0.05, 0) is 25.2 Å². The van der Waals surface area contributed by atoms with E-state index in [0.29, 0.717) is 25.6 Å². The fourth-order valence-electron chi connectivity index (χ4n) is 2.28. The molecule has 18 heavy (non-hydrogen) atoms. The molecule has 5 nitrogen and oxygen atoms in total. The highest BCUT2D eigenvalue weighted by Gasteiger charge is 2.14. The standard InChI is InChI=1S/C13H26O5/c14-11-13(15)10-12-6-4-2-1-3-5-8-16-18-17-9-7-12/h12-15H,1-11H2. The van der Waals surface area contributed by atoms with Crippen LogP contribution in [0.25, 0.3) is 0 Å². The van der Waals surface area contributed by atoms with E-state index in [1.165, 1.54) is 19.3 Å². The third-order valence-electron chi connectivity index (χ3n) is 3.36. The van der Waals surface area contributed by atoms with Crippen LogP contribution in [0.15, 0.2) is 0 Å². The highest BCUT2D eigenvalue weighted by Crippen LogP contribution is 2.20. The van der Waals surface area contributed by atoms with Crippen molar-refractivity contribution in [3.63, 3.8) is 0 Å². The van der Waals surface area contributed by atoms with Gasteiger partial charge in [0.2, 0.25) is 0 Å². The van der Waals surface area contributed by atoms with E-state index in [-0.39, 0.29) is 6.61 Å². The van der Waals surface area contributed by atoms with Crippen molar-refractivity contribution >= 4 is 0 Å². The first-order chi connectivity index (χ1) is 8.83. The second kappa shape index (κ2) is 10.7. The number of aliphatic hydroxyl groups is 2. The average molecular weight is 262 g/mol. The molecule has 1 heterocycles. The van der Waals surface area contributed by atoms with Gasteiger partial charge in [-0.1, -0.05) is 37.1 Å². The Kier molecular flexibility index (Phi) is 9.42. The maximum Gasteiger partial charge on any atom is 0.0856 e. The van der Waals surface area contributed by atoms with Crippen molar-refractivity contribution in [1.82, 2.24) is 0 Å². The Balaban J connectivity index is 2.28. The predicted molar refractivity (Wildman–Crippen MR) is 66.5 cm³/mol. The molecule has 108 valence electrons. The minimum Gasteiger partial charge on any atom is -0.394 e. The smallest absolute Gasteiger partial charge is 0.0856 e. The minimum absolute atomic E-state index is 0.170. The van der Waals surface area contributed by atoms with Gasteiger partial charge in [0.05, 0.1) is 25.9 Å². The molecule has 0 bridgehead atoms. The largest absolute Gasteiger partial charge is 0.394 e. The van der Waals surface area contributed by atoms with Crippen molar-refractivity contribution in [2.45, 2.75) is 57.5 Å². The van der Waals surface area contributed by atoms with Crippen LogP contribution in [0, 0.1) is 5.92 Å². The van der Waals surface area contributed by atoms with Gasteiger partial charge >= 0.3 is 0 Å². The average Bonchev–Trinajstić information content (AvgIpc) is 2.40. The van der Waals surface area contributed by atoms with Crippen molar-refractivity contribution in [2.24, 2.45) is 5.92 Å². The second-order valence-electron chi connectivity index (χ2n) is 5.00. The van der Waals surface area contributed by atoms with Crippen LogP contribution in [0.3, 0.4) is 0 Å². The summed E-state index contributed by atoms with van der Waals surface area (Å²) < 4.78 is 0. The van der Waals surface area contributed by atoms with Crippen LogP contribution in [0.5, 0.6) is 0 Å². The SMILES string of the molecule is OCC(O)CC1CCCCCCCOOOCC1. The Morgan fingerprint density at radius 3 is 2.50 bits per heavy atom. The summed E-state index contributed by atoms with van der Waals surface area (Å²) in [6, 6.07) is 0. The molecule has 0 aliphatic carbocycles. The molecule has 0 aromatic rings. The molecule has 2 unspecified atom stereocenters. The first-order valence-corrected chi connectivity index (χ1v) is 7.03. The Morgan fingerprint density at radius 2 is 1.67 bits per heavy atom. The molecule has 0 amide bonds. The van der Waals surface area contributed by atoms with Gasteiger partial charge in [0.15, 0.2) is 0 Å². The summed E-state index contributed by atoms with van der Waals surface area (Å²) in [5.41, 5.74) is 0. The molecule has 5 heteroatoms. The van der Waals surface area contributed by atoms with Crippen molar-refractivity contribution in [1.29, 1.82) is 0 Å². The fraction of sp³-hybridized carbons (Fsp3) is 1.00. The second-order valence-corrected chi connectivity index (χ2v) is 5.00. The molecule has 0 aromatic heterocycles. The molecule has 2 N–H and O–H groups in total. The third-order valence-corrected chi connectivity index (χ3v) is 3.36. The van der Waals surface area contributed by atoms with Crippen LogP contribution >= 0.6 is 0 Å². The van der Waals surface area contributed by atoms with E-state index >= 15 is 0 Å². The summed E-state index contributed by atoms with van der Waals surface area (Å²) in [4.78, 5) is 9.80. The Hall–Kier alpha value is -0.200. The van der Waals surface area contributed by atoms with Crippen molar-refractivity contribution < 1.29 is 25.0 Å². The minimum atomic E-state index is -0.622. The zero-order chi connectivity index (χ0) is 13.1. The summed E-state index contributed by atoms with van der Waals surface area (Å²) >= 11 is 0. The maximum atomic E-state index is 9.50. The molecular weight excluding hydrogens is 236 g/mol. The lowest BCUT2D eigenvalue weighted by Gasteiger charge is -2.18. The lowest BCUT2D eigenvalue weighted by molar-refractivity contribution is -0.513. The molecule has 0 spiro atoms. The van der Waals surface area contributed by atoms with E-state index in [0.717, 1.165) is 25.7 Å². The van der Waals surface area contributed by atoms with E-state index in [1.807, 2.05) is 0 Å². The third kappa shape index (κ3) is 8.00. The molecule has 1 fully saturated rings. The quantitative estimate of drug-likeness (QED) is 0.761. The summed E-state index contributed by atoms with van der Waals surface area (Å²) in [5.74, 6) is 0.372. The number of hydrogen-bond donors (Lipinski definition) is 2. The Labute approximate surface area is 109 Å². The molecule has 2 atom stereocenters. The fourth-order valence-corrected chi connectivity index (χ4v) is 2.28. The van der Waals surface area contributed by atoms with Gasteiger partial charge in [-0.25, -0.2) is 9.78 Å². The van der Waals surface area contributed by atoms with E-state index in [2.05, 4.69) is 5.04 Å². The molecule has 1 aliphatic rings. The van der Waals surface area contributed by atoms with Crippen molar-refractivity contribution in [2.75, 3.05) is 19.8 Å². The van der Waals surface area contributed by atoms with Crippen LogP contribution < -0.4 is 0 Å². The van der Waals surface area contributed by atoms with Gasteiger partial charge in [0.1, 0.15) is 0 Å². The van der Waals surface area contributed by atoms with E-state index in [9.17, 15) is 5.11 Å². The molecule has 1 rings (SSSR count). The van der Waals surface area contributed by atoms with Gasteiger partial charge in [0, 0.05) is 0 Å². The zero-order valence-corrected chi connectivity index (χ0v) is 11.1. The van der Waals surface area contributed by atoms with Gasteiger partial charge in [-0.2, -0.15) is 0 Å². The van der Waals surface area contributed by atoms with Gasteiger partial charge < -0.3 is 10.2 Å². The summed E-state index contributed by atoms with van der Waals surface area (Å²) in [6.07, 6.45) is 7.63. The van der Waals surface area contributed by atoms with Gasteiger partial charge in [-0.15, -0.1) is 0 Å². The Morgan fingerprint density at radius 1 is 0.944 bits per heavy atom. The van der Waals surface area contributed by atoms with Gasteiger partial charge in [-0.3, -0.25) is 0 Å². The summed E-state index contributed by atoms with van der Waals surface area (Å²) in [7, 11) is 0. The van der Waals surface area contributed by atoms with Crippen LogP contribution in [-0.2, 0) is 14.8 Å². The lowest BCUT2D eigenvalue weighted by Crippen LogP contribution is -2.18. The molecule has 0 saturated carbocycles. The molecular formula is C13H26O5. The number of aliphatic hydroxyl groups excluding tert-OH is 2. The topological polar surface area (TPSA) is 68.2 Å². The van der Waals surface area contributed by atoms with Crippen LogP contribution in [0.2, 0.25) is 0 Å². The number of rotatable bonds is 3. The molecule has 0 aromatic carbocycles. The highest BCUT2D eigenvalue weighted by molar-refractivity contribution is 4.65. The summed E-state index contributed by atoms with van der Waals surface area (Å²) in [5, 5.41) is 23.0. The first-order valence-electron chi connectivity index (χ1n) is 7.03. The van der Waals surface area contributed by atoms with Crippen LogP contribution in [-0.4, -0.2) is 36.1 Å². The molecule has 1 saturated heterocycles. The molecule has 0 radical (unpaired) electrons. The monoisotopic (exact) mass is 262 g/mol. The predicted octanol–water partition coefficient (Wildman–Crippen LogP) is 1.97. The van der Waals surface area contributed by atoms with Crippen LogP contribution in [0.1, 0.15) is 51.4 Å². The van der Waals surface area contributed by atoms with E-state index in [1.54, 1.807) is 0 Å². The van der Waals surface area contributed by atoms with Crippen molar-refractivity contribution in [3.8, 4) is 0 Å². The van der Waals surface area contributed by atoms with Crippen LogP contribution in [0.4, 0.5) is 0 Å². The maximum absolute atomic E-state index is 9.50. The van der Waals surface area contributed by atoms with E-state index < -0.39 is 6.10 Å². The number of hydrogen-bond acceptors (Lipinski definition) is 5. The van der Waals surface area contributed by atoms with Gasteiger partial charge in [0.25, 0.3) is 0 Å². The lowest BCUT2D eigenvalue weighted by atomic mass is 9.92. The zero-order valence-electron chi connectivity index (χ0n) is 11.1. The first kappa shape index (κ1) is 15.9. The van der Waals surface area contributed by atoms with Crippen molar-refractivity contribution in [3.05, 3.63) is 0 Å². The summed E-state index contributed by atoms with van der Waals surface area (Å²) in [6.45, 7) is 0.867.